The smallest absolute Gasteiger partial charge is 0.244 e. The van der Waals surface area contributed by atoms with Crippen molar-refractivity contribution in [2.75, 3.05) is 4.90 Å². The second kappa shape index (κ2) is 9.17. The van der Waals surface area contributed by atoms with E-state index >= 15 is 0 Å². The van der Waals surface area contributed by atoms with Crippen LogP contribution in [-0.4, -0.2) is 31.3 Å². The molecule has 0 bridgehead atoms. The van der Waals surface area contributed by atoms with E-state index in [0.29, 0.717) is 11.8 Å². The molecule has 7 rings (SSSR count). The minimum absolute atomic E-state index is 0.0272. The highest BCUT2D eigenvalue weighted by atomic mass is 16.2. The largest absolute Gasteiger partial charge is 0.278 e. The lowest BCUT2D eigenvalue weighted by atomic mass is 9.70. The van der Waals surface area contributed by atoms with Gasteiger partial charge in [-0.05, 0) is 57.0 Å². The van der Waals surface area contributed by atoms with Gasteiger partial charge in [0.2, 0.25) is 23.7 Å². The zero-order chi connectivity index (χ0) is 29.2. The Balaban J connectivity index is 1.50. The van der Waals surface area contributed by atoms with Gasteiger partial charge in [-0.2, -0.15) is 15.0 Å². The van der Waals surface area contributed by atoms with Gasteiger partial charge in [-0.15, -0.1) is 0 Å². The van der Waals surface area contributed by atoms with Crippen LogP contribution in [0.3, 0.4) is 0 Å². The van der Waals surface area contributed by atoms with Crippen LogP contribution in [0.1, 0.15) is 27.7 Å². The van der Waals surface area contributed by atoms with E-state index in [-0.39, 0.29) is 17.8 Å². The maximum Gasteiger partial charge on any atom is 0.244 e. The first-order valence-electron chi connectivity index (χ1n) is 14.0. The fraction of sp³-hybridized carbons (Fsp3) is 0.171. The fourth-order valence-corrected chi connectivity index (χ4v) is 5.64. The Bertz CT molecular complexity index is 2000. The van der Waals surface area contributed by atoms with Crippen LogP contribution in [0.2, 0.25) is 0 Å². The summed E-state index contributed by atoms with van der Waals surface area (Å²) in [7, 11) is 0. The van der Waals surface area contributed by atoms with Crippen LogP contribution in [0.4, 0.5) is 5.95 Å². The Morgan fingerprint density at radius 3 is 1.74 bits per heavy atom. The first-order chi connectivity index (χ1) is 20.2. The monoisotopic (exact) mass is 551 g/mol. The molecule has 7 heteroatoms. The van der Waals surface area contributed by atoms with Crippen molar-refractivity contribution >= 4 is 39.6 Å². The molecule has 2 aromatic heterocycles. The van der Waals surface area contributed by atoms with Gasteiger partial charge in [0, 0.05) is 16.3 Å². The Morgan fingerprint density at radius 2 is 1.07 bits per heavy atom. The summed E-state index contributed by atoms with van der Waals surface area (Å²) < 4.78 is 1.98. The number of fused-ring (bicyclic) bond motifs is 3. The predicted molar refractivity (Wildman–Crippen MR) is 165 cm³/mol. The summed E-state index contributed by atoms with van der Waals surface area (Å²) in [5.41, 5.74) is 2.95. The highest BCUT2D eigenvalue weighted by Crippen LogP contribution is 2.48. The quantitative estimate of drug-likeness (QED) is 0.216. The van der Waals surface area contributed by atoms with Crippen LogP contribution in [0.15, 0.2) is 103 Å². The molecular formula is C35H29N5O2. The Kier molecular flexibility index (Phi) is 5.63. The number of nitrogens with zero attached hydrogens (tertiary/aromatic N) is 5. The van der Waals surface area contributed by atoms with Crippen molar-refractivity contribution in [3.8, 4) is 28.5 Å². The van der Waals surface area contributed by atoms with E-state index in [1.807, 2.05) is 71.3 Å². The molecule has 3 heterocycles. The second-order valence-corrected chi connectivity index (χ2v) is 11.8. The van der Waals surface area contributed by atoms with E-state index in [0.717, 1.165) is 43.4 Å². The standard InChI is InChI=1S/C35H29N5O2/c1-34(2)30(41)40(31(42)35(34,3)4)33-37-29(23-15-9-6-10-16-23)36-32(38-33)39-27-18-12-11-17-25(27)26-21-24(19-20-28(26)39)22-13-7-5-8-14-22/h5-21H,1-4H3. The number of aromatic nitrogens is 4. The lowest BCUT2D eigenvalue weighted by Gasteiger charge is -2.28. The number of hydrogen-bond donors (Lipinski definition) is 0. The molecule has 1 saturated heterocycles. The summed E-state index contributed by atoms with van der Waals surface area (Å²) in [4.78, 5) is 42.9. The Morgan fingerprint density at radius 1 is 0.524 bits per heavy atom. The van der Waals surface area contributed by atoms with E-state index in [9.17, 15) is 9.59 Å². The van der Waals surface area contributed by atoms with Crippen LogP contribution in [-0.2, 0) is 9.59 Å². The van der Waals surface area contributed by atoms with Crippen molar-refractivity contribution in [1.82, 2.24) is 19.5 Å². The average Bonchev–Trinajstić information content (AvgIpc) is 3.40. The molecule has 42 heavy (non-hydrogen) atoms. The number of amides is 2. The lowest BCUT2D eigenvalue weighted by molar-refractivity contribution is -0.129. The van der Waals surface area contributed by atoms with Gasteiger partial charge in [-0.3, -0.25) is 14.2 Å². The minimum Gasteiger partial charge on any atom is -0.278 e. The minimum atomic E-state index is -0.926. The molecule has 1 fully saturated rings. The average molecular weight is 552 g/mol. The molecule has 0 aliphatic carbocycles. The van der Waals surface area contributed by atoms with Gasteiger partial charge in [-0.1, -0.05) is 84.9 Å². The molecular weight excluding hydrogens is 522 g/mol. The maximum atomic E-state index is 13.7. The predicted octanol–water partition coefficient (Wildman–Crippen LogP) is 7.23. The number of para-hydroxylation sites is 1. The molecule has 2 amide bonds. The molecule has 6 aromatic rings. The molecule has 0 spiro atoms. The van der Waals surface area contributed by atoms with Gasteiger partial charge in [0.15, 0.2) is 5.82 Å². The summed E-state index contributed by atoms with van der Waals surface area (Å²) in [6.45, 7) is 7.19. The zero-order valence-electron chi connectivity index (χ0n) is 23.9. The summed E-state index contributed by atoms with van der Waals surface area (Å²) in [5.74, 6) is 0.0808. The van der Waals surface area contributed by atoms with Gasteiger partial charge in [-0.25, -0.2) is 4.90 Å². The third-order valence-corrected chi connectivity index (χ3v) is 8.86. The summed E-state index contributed by atoms with van der Waals surface area (Å²) in [5, 5.41) is 2.09. The molecule has 1 aliphatic rings. The molecule has 0 saturated carbocycles. The number of benzene rings is 4. The van der Waals surface area contributed by atoms with Gasteiger partial charge in [0.1, 0.15) is 0 Å². The van der Waals surface area contributed by atoms with Gasteiger partial charge in [0.25, 0.3) is 0 Å². The van der Waals surface area contributed by atoms with Crippen LogP contribution in [0.25, 0.3) is 50.3 Å². The number of anilines is 1. The van der Waals surface area contributed by atoms with Crippen LogP contribution in [0, 0.1) is 10.8 Å². The van der Waals surface area contributed by atoms with Crippen molar-refractivity contribution in [3.05, 3.63) is 103 Å². The number of imide groups is 1. The van der Waals surface area contributed by atoms with E-state index in [1.165, 1.54) is 0 Å². The highest BCUT2D eigenvalue weighted by molar-refractivity contribution is 6.24. The number of carbonyl (C=O) groups is 2. The Labute approximate surface area is 243 Å². The third kappa shape index (κ3) is 3.70. The van der Waals surface area contributed by atoms with Gasteiger partial charge >= 0.3 is 0 Å². The van der Waals surface area contributed by atoms with E-state index in [2.05, 4.69) is 36.4 Å². The first kappa shape index (κ1) is 25.8. The molecule has 0 N–H and O–H groups in total. The van der Waals surface area contributed by atoms with Crippen molar-refractivity contribution in [2.45, 2.75) is 27.7 Å². The fourth-order valence-electron chi connectivity index (χ4n) is 5.64. The van der Waals surface area contributed by atoms with Crippen LogP contribution in [0.5, 0.6) is 0 Å². The van der Waals surface area contributed by atoms with Crippen molar-refractivity contribution in [1.29, 1.82) is 0 Å². The van der Waals surface area contributed by atoms with E-state index < -0.39 is 10.8 Å². The van der Waals surface area contributed by atoms with Gasteiger partial charge in [0.05, 0.1) is 21.9 Å². The number of carbonyl (C=O) groups excluding carboxylic acids is 2. The maximum absolute atomic E-state index is 13.7. The molecule has 0 unspecified atom stereocenters. The van der Waals surface area contributed by atoms with Crippen molar-refractivity contribution in [2.24, 2.45) is 10.8 Å². The zero-order valence-corrected chi connectivity index (χ0v) is 23.9. The topological polar surface area (TPSA) is 81.0 Å². The molecule has 4 aromatic carbocycles. The first-order valence-corrected chi connectivity index (χ1v) is 14.0. The van der Waals surface area contributed by atoms with Crippen LogP contribution >= 0.6 is 0 Å². The molecule has 7 nitrogen and oxygen atoms in total. The second-order valence-electron chi connectivity index (χ2n) is 11.8. The van der Waals surface area contributed by atoms with Gasteiger partial charge < -0.3 is 0 Å². The Hall–Kier alpha value is -5.17. The summed E-state index contributed by atoms with van der Waals surface area (Å²) >= 11 is 0. The summed E-state index contributed by atoms with van der Waals surface area (Å²) in [6, 6.07) is 34.3. The molecule has 0 radical (unpaired) electrons. The van der Waals surface area contributed by atoms with Crippen molar-refractivity contribution < 1.29 is 9.59 Å². The number of hydrogen-bond acceptors (Lipinski definition) is 5. The lowest BCUT2D eigenvalue weighted by Crippen LogP contribution is -2.35. The van der Waals surface area contributed by atoms with Crippen molar-refractivity contribution in [3.63, 3.8) is 0 Å². The number of rotatable bonds is 4. The third-order valence-electron chi connectivity index (χ3n) is 8.86. The summed E-state index contributed by atoms with van der Waals surface area (Å²) in [6.07, 6.45) is 0. The van der Waals surface area contributed by atoms with E-state index in [1.54, 1.807) is 27.7 Å². The SMILES string of the molecule is CC1(C)C(=O)N(c2nc(-c3ccccc3)nc(-n3c4ccccc4c4cc(-c5ccccc5)ccc43)n2)C(=O)C1(C)C. The van der Waals surface area contributed by atoms with Crippen LogP contribution < -0.4 is 4.90 Å². The molecule has 206 valence electrons. The highest BCUT2D eigenvalue weighted by Gasteiger charge is 2.60. The molecule has 0 atom stereocenters. The van der Waals surface area contributed by atoms with E-state index in [4.69, 9.17) is 15.0 Å². The molecule has 1 aliphatic heterocycles. The normalized spacial score (nSPS) is 16.0.